The number of thioether (sulfide) groups is 1. The number of carbonyl (C=O) groups is 1. The van der Waals surface area contributed by atoms with Gasteiger partial charge in [-0.25, -0.2) is 18.9 Å². The number of nitrogens with one attached hydrogen (secondary N) is 1. The van der Waals surface area contributed by atoms with Crippen LogP contribution in [0, 0.1) is 5.82 Å². The number of rotatable bonds is 4. The lowest BCUT2D eigenvalue weighted by Crippen LogP contribution is -2.43. The Kier molecular flexibility index (Phi) is 5.17. The van der Waals surface area contributed by atoms with Crippen molar-refractivity contribution in [1.29, 1.82) is 0 Å². The van der Waals surface area contributed by atoms with E-state index in [1.54, 1.807) is 18.2 Å². The lowest BCUT2D eigenvalue weighted by molar-refractivity contribution is -0.131. The quantitative estimate of drug-likeness (QED) is 0.680. The fourth-order valence-electron chi connectivity index (χ4n) is 3.42. The van der Waals surface area contributed by atoms with E-state index < -0.39 is 5.82 Å². The van der Waals surface area contributed by atoms with Crippen LogP contribution in [0.4, 0.5) is 4.39 Å². The fraction of sp³-hybridized carbons (Fsp3) is 0.368. The normalized spacial score (nSPS) is 17.2. The first-order valence-corrected chi connectivity index (χ1v) is 10.2. The molecule has 7 nitrogen and oxygen atoms in total. The van der Waals surface area contributed by atoms with Crippen molar-refractivity contribution in [3.8, 4) is 11.4 Å². The van der Waals surface area contributed by atoms with Gasteiger partial charge < -0.3 is 4.90 Å². The van der Waals surface area contributed by atoms with E-state index in [2.05, 4.69) is 22.0 Å². The Morgan fingerprint density at radius 2 is 2.14 bits per heavy atom. The zero-order valence-electron chi connectivity index (χ0n) is 15.4. The molecule has 0 spiro atoms. The van der Waals surface area contributed by atoms with Crippen LogP contribution in [-0.2, 0) is 4.79 Å². The van der Waals surface area contributed by atoms with Crippen LogP contribution in [-0.4, -0.2) is 48.7 Å². The molecule has 0 aliphatic carbocycles. The number of likely N-dealkylation sites (tertiary alicyclic amines) is 1. The first-order valence-electron chi connectivity index (χ1n) is 9.20. The van der Waals surface area contributed by atoms with Gasteiger partial charge in [-0.15, -0.1) is 0 Å². The smallest absolute Gasteiger partial charge is 0.266 e. The number of H-pyrrole nitrogens is 1. The predicted molar refractivity (Wildman–Crippen MR) is 105 cm³/mol. The fourth-order valence-corrected chi connectivity index (χ4v) is 4.26. The van der Waals surface area contributed by atoms with E-state index in [9.17, 15) is 14.0 Å². The van der Waals surface area contributed by atoms with Gasteiger partial charge in [-0.2, -0.15) is 0 Å². The summed E-state index contributed by atoms with van der Waals surface area (Å²) in [5.41, 5.74) is 0.244. The summed E-state index contributed by atoms with van der Waals surface area (Å²) >= 11 is 1.21. The number of halogens is 1. The lowest BCUT2D eigenvalue weighted by atomic mass is 10.0. The van der Waals surface area contributed by atoms with Crippen LogP contribution in [0.1, 0.15) is 26.2 Å². The molecule has 0 saturated carbocycles. The molecule has 1 saturated heterocycles. The van der Waals surface area contributed by atoms with E-state index in [4.69, 9.17) is 0 Å². The number of amides is 1. The first kappa shape index (κ1) is 18.7. The number of aromatic nitrogens is 4. The third kappa shape index (κ3) is 3.66. The molecule has 28 heavy (non-hydrogen) atoms. The molecule has 3 aromatic rings. The average Bonchev–Trinajstić information content (AvgIpc) is 3.06. The van der Waals surface area contributed by atoms with Gasteiger partial charge in [-0.3, -0.25) is 14.7 Å². The monoisotopic (exact) mass is 401 g/mol. The Morgan fingerprint density at radius 1 is 1.32 bits per heavy atom. The van der Waals surface area contributed by atoms with E-state index in [1.807, 2.05) is 4.90 Å². The van der Waals surface area contributed by atoms with Crippen molar-refractivity contribution in [1.82, 2.24) is 24.5 Å². The largest absolute Gasteiger partial charge is 0.339 e. The van der Waals surface area contributed by atoms with Gasteiger partial charge in [-0.1, -0.05) is 23.9 Å². The topological polar surface area (TPSA) is 83.4 Å². The third-order valence-corrected chi connectivity index (χ3v) is 5.81. The molecule has 1 aliphatic heterocycles. The molecule has 1 atom stereocenters. The Hall–Kier alpha value is -2.68. The van der Waals surface area contributed by atoms with E-state index in [0.717, 1.165) is 25.8 Å². The number of piperidine rings is 1. The molecule has 1 fully saturated rings. The van der Waals surface area contributed by atoms with Crippen molar-refractivity contribution in [3.05, 3.63) is 46.5 Å². The molecule has 9 heteroatoms. The van der Waals surface area contributed by atoms with Gasteiger partial charge in [0.05, 0.1) is 11.3 Å². The summed E-state index contributed by atoms with van der Waals surface area (Å²) in [5, 5.41) is 3.02. The summed E-state index contributed by atoms with van der Waals surface area (Å²) in [6, 6.07) is 7.76. The molecule has 0 radical (unpaired) electrons. The van der Waals surface area contributed by atoms with Gasteiger partial charge in [-0.05, 0) is 38.3 Å². The number of aromatic amines is 1. The Labute approximate surface area is 165 Å². The van der Waals surface area contributed by atoms with E-state index in [1.165, 1.54) is 28.4 Å². The molecule has 0 unspecified atom stereocenters. The number of hydrogen-bond acceptors (Lipinski definition) is 5. The summed E-state index contributed by atoms with van der Waals surface area (Å²) in [6.07, 6.45) is 3.17. The van der Waals surface area contributed by atoms with Crippen molar-refractivity contribution >= 4 is 23.3 Å². The van der Waals surface area contributed by atoms with Crippen LogP contribution in [0.5, 0.6) is 0 Å². The lowest BCUT2D eigenvalue weighted by Gasteiger charge is -2.33. The molecule has 2 aromatic heterocycles. The van der Waals surface area contributed by atoms with Crippen molar-refractivity contribution in [2.45, 2.75) is 37.4 Å². The average molecular weight is 401 g/mol. The van der Waals surface area contributed by atoms with Crippen LogP contribution >= 0.6 is 11.8 Å². The molecule has 3 heterocycles. The van der Waals surface area contributed by atoms with Gasteiger partial charge in [0.2, 0.25) is 5.91 Å². The Balaban J connectivity index is 1.65. The van der Waals surface area contributed by atoms with E-state index in [-0.39, 0.29) is 34.6 Å². The second-order valence-corrected chi connectivity index (χ2v) is 7.79. The summed E-state index contributed by atoms with van der Waals surface area (Å²) in [7, 11) is 0. The first-order chi connectivity index (χ1) is 13.5. The number of carbonyl (C=O) groups excluding carboxylic acids is 1. The number of nitrogens with zero attached hydrogens (tertiary/aromatic N) is 4. The summed E-state index contributed by atoms with van der Waals surface area (Å²) in [5.74, 6) is -0.0453. The van der Waals surface area contributed by atoms with Gasteiger partial charge in [0, 0.05) is 18.7 Å². The van der Waals surface area contributed by atoms with Gasteiger partial charge >= 0.3 is 0 Å². The minimum atomic E-state index is -0.445. The van der Waals surface area contributed by atoms with Crippen LogP contribution < -0.4 is 5.56 Å². The SMILES string of the molecule is C[C@@H]1CCCCN1C(=O)CSc1nc(-c2ccccc2F)nc2cc(=O)[nH]n12. The summed E-state index contributed by atoms with van der Waals surface area (Å²) < 4.78 is 15.6. The Morgan fingerprint density at radius 3 is 2.93 bits per heavy atom. The number of fused-ring (bicyclic) bond motifs is 1. The van der Waals surface area contributed by atoms with Gasteiger partial charge in [0.15, 0.2) is 16.6 Å². The molecule has 0 bridgehead atoms. The number of hydrogen-bond donors (Lipinski definition) is 1. The highest BCUT2D eigenvalue weighted by Crippen LogP contribution is 2.24. The highest BCUT2D eigenvalue weighted by atomic mass is 32.2. The zero-order valence-corrected chi connectivity index (χ0v) is 16.2. The van der Waals surface area contributed by atoms with Crippen LogP contribution in [0.25, 0.3) is 17.0 Å². The maximum Gasteiger partial charge on any atom is 0.266 e. The molecule has 4 rings (SSSR count). The van der Waals surface area contributed by atoms with Crippen molar-refractivity contribution in [3.63, 3.8) is 0 Å². The minimum absolute atomic E-state index is 0.0332. The van der Waals surface area contributed by atoms with Crippen molar-refractivity contribution in [2.24, 2.45) is 0 Å². The maximum absolute atomic E-state index is 14.2. The molecule has 146 valence electrons. The molecular weight excluding hydrogens is 381 g/mol. The molecule has 1 aromatic carbocycles. The number of benzene rings is 1. The molecule has 1 amide bonds. The predicted octanol–water partition coefficient (Wildman–Crippen LogP) is 2.72. The van der Waals surface area contributed by atoms with Crippen molar-refractivity contribution < 1.29 is 9.18 Å². The highest BCUT2D eigenvalue weighted by molar-refractivity contribution is 7.99. The van der Waals surface area contributed by atoms with Crippen LogP contribution in [0.15, 0.2) is 40.3 Å². The van der Waals surface area contributed by atoms with Gasteiger partial charge in [0.1, 0.15) is 5.82 Å². The van der Waals surface area contributed by atoms with E-state index >= 15 is 0 Å². The standard InChI is InChI=1S/C19H20FN5O2S/c1-12-6-4-5-9-24(12)17(27)11-28-19-22-18(13-7-2-3-8-14(13)20)21-15-10-16(26)23-25(15)19/h2-3,7-8,10,12H,4-6,9,11H2,1H3,(H,23,26)/t12-/m1/s1. The summed E-state index contributed by atoms with van der Waals surface area (Å²) in [6.45, 7) is 2.82. The zero-order chi connectivity index (χ0) is 19.7. The maximum atomic E-state index is 14.2. The molecular formula is C19H20FN5O2S. The highest BCUT2D eigenvalue weighted by Gasteiger charge is 2.24. The molecule has 1 aliphatic rings. The van der Waals surface area contributed by atoms with Crippen LogP contribution in [0.2, 0.25) is 0 Å². The third-order valence-electron chi connectivity index (χ3n) is 4.89. The second kappa shape index (κ2) is 7.75. The minimum Gasteiger partial charge on any atom is -0.339 e. The second-order valence-electron chi connectivity index (χ2n) is 6.84. The van der Waals surface area contributed by atoms with Crippen LogP contribution in [0.3, 0.4) is 0 Å². The van der Waals surface area contributed by atoms with Gasteiger partial charge in [0.25, 0.3) is 5.56 Å². The summed E-state index contributed by atoms with van der Waals surface area (Å²) in [4.78, 5) is 35.0. The molecule has 1 N–H and O–H groups in total. The van der Waals surface area contributed by atoms with Crippen molar-refractivity contribution in [2.75, 3.05) is 12.3 Å². The Bertz CT molecular complexity index is 1080. The van der Waals surface area contributed by atoms with E-state index in [0.29, 0.717) is 10.8 Å².